The molecule has 0 bridgehead atoms. The van der Waals surface area contributed by atoms with Gasteiger partial charge in [0.1, 0.15) is 0 Å². The number of anilines is 1. The molecule has 1 aliphatic rings. The molecule has 1 saturated heterocycles. The largest absolute Gasteiger partial charge is 0.340 e. The highest BCUT2D eigenvalue weighted by atomic mass is 79.9. The predicted octanol–water partition coefficient (Wildman–Crippen LogP) is 2.17. The lowest BCUT2D eigenvalue weighted by molar-refractivity contribution is 0.207. The Balaban J connectivity index is 2.19. The maximum absolute atomic E-state index is 11.8. The number of halogens is 1. The standard InChI is InChI=1S/C10H12BrN3O/c1-2-14-10(15)13(7-12-14)9-5-3-8(11)4-6-9/h3-6,12H,2,7H2,1H3. The second-order valence-corrected chi connectivity index (χ2v) is 4.16. The van der Waals surface area contributed by atoms with Crippen LogP contribution in [0.5, 0.6) is 0 Å². The van der Waals surface area contributed by atoms with Crippen LogP contribution in [-0.4, -0.2) is 24.3 Å². The number of benzene rings is 1. The van der Waals surface area contributed by atoms with Crippen molar-refractivity contribution in [1.29, 1.82) is 0 Å². The van der Waals surface area contributed by atoms with Gasteiger partial charge in [0.05, 0.1) is 6.67 Å². The molecule has 0 aromatic heterocycles. The summed E-state index contributed by atoms with van der Waals surface area (Å²) in [6, 6.07) is 7.69. The van der Waals surface area contributed by atoms with Crippen LogP contribution >= 0.6 is 15.9 Å². The first-order valence-electron chi connectivity index (χ1n) is 4.80. The molecule has 0 atom stereocenters. The van der Waals surface area contributed by atoms with Crippen molar-refractivity contribution in [3.05, 3.63) is 28.7 Å². The minimum atomic E-state index is -0.000164. The SMILES string of the molecule is CCN1NCN(c2ccc(Br)cc2)C1=O. The monoisotopic (exact) mass is 269 g/mol. The molecule has 1 heterocycles. The van der Waals surface area contributed by atoms with E-state index in [1.54, 1.807) is 9.91 Å². The summed E-state index contributed by atoms with van der Waals surface area (Å²) in [5, 5.41) is 1.60. The number of hydrazine groups is 1. The fourth-order valence-electron chi connectivity index (χ4n) is 1.51. The van der Waals surface area contributed by atoms with E-state index in [2.05, 4.69) is 21.4 Å². The van der Waals surface area contributed by atoms with E-state index in [4.69, 9.17) is 0 Å². The first kappa shape index (κ1) is 10.4. The summed E-state index contributed by atoms with van der Waals surface area (Å²) in [4.78, 5) is 13.5. The average molecular weight is 270 g/mol. The number of carbonyl (C=O) groups excluding carboxylic acids is 1. The van der Waals surface area contributed by atoms with Crippen molar-refractivity contribution >= 4 is 27.6 Å². The molecule has 2 amide bonds. The molecule has 1 aliphatic heterocycles. The van der Waals surface area contributed by atoms with Gasteiger partial charge in [-0.25, -0.2) is 10.2 Å². The molecule has 0 unspecified atom stereocenters. The van der Waals surface area contributed by atoms with Crippen LogP contribution in [0, 0.1) is 0 Å². The number of nitrogens with one attached hydrogen (secondary N) is 1. The number of carbonyl (C=O) groups is 1. The van der Waals surface area contributed by atoms with Crippen molar-refractivity contribution in [3.63, 3.8) is 0 Å². The van der Waals surface area contributed by atoms with Crippen molar-refractivity contribution in [2.24, 2.45) is 0 Å². The van der Waals surface area contributed by atoms with Crippen molar-refractivity contribution < 1.29 is 4.79 Å². The summed E-state index contributed by atoms with van der Waals surface area (Å²) in [6.07, 6.45) is 0. The summed E-state index contributed by atoms with van der Waals surface area (Å²) >= 11 is 3.37. The number of hydrogen-bond donors (Lipinski definition) is 1. The van der Waals surface area contributed by atoms with Gasteiger partial charge in [0.2, 0.25) is 0 Å². The Morgan fingerprint density at radius 1 is 1.40 bits per heavy atom. The fourth-order valence-corrected chi connectivity index (χ4v) is 1.77. The Hall–Kier alpha value is -1.07. The molecule has 1 N–H and O–H groups in total. The lowest BCUT2D eigenvalue weighted by atomic mass is 10.3. The van der Waals surface area contributed by atoms with E-state index in [9.17, 15) is 4.79 Å². The van der Waals surface area contributed by atoms with Gasteiger partial charge in [-0.15, -0.1) is 0 Å². The van der Waals surface area contributed by atoms with Crippen LogP contribution in [0.25, 0.3) is 0 Å². The molecule has 1 aromatic carbocycles. The molecule has 0 aliphatic carbocycles. The lowest BCUT2D eigenvalue weighted by Gasteiger charge is -2.15. The summed E-state index contributed by atoms with van der Waals surface area (Å²) in [6.45, 7) is 3.15. The van der Waals surface area contributed by atoms with Crippen molar-refractivity contribution in [2.45, 2.75) is 6.92 Å². The maximum atomic E-state index is 11.8. The number of rotatable bonds is 2. The van der Waals surface area contributed by atoms with Gasteiger partial charge in [0.25, 0.3) is 0 Å². The number of urea groups is 1. The van der Waals surface area contributed by atoms with Crippen LogP contribution < -0.4 is 10.3 Å². The quantitative estimate of drug-likeness (QED) is 0.894. The fraction of sp³-hybridized carbons (Fsp3) is 0.300. The Morgan fingerprint density at radius 3 is 2.60 bits per heavy atom. The normalized spacial score (nSPS) is 16.3. The second-order valence-electron chi connectivity index (χ2n) is 3.25. The van der Waals surface area contributed by atoms with Gasteiger partial charge >= 0.3 is 6.03 Å². The van der Waals surface area contributed by atoms with Crippen LogP contribution in [0.2, 0.25) is 0 Å². The molecule has 0 spiro atoms. The van der Waals surface area contributed by atoms with Gasteiger partial charge in [-0.2, -0.15) is 0 Å². The van der Waals surface area contributed by atoms with Crippen LogP contribution in [-0.2, 0) is 0 Å². The van der Waals surface area contributed by atoms with E-state index in [1.165, 1.54) is 0 Å². The van der Waals surface area contributed by atoms with Crippen LogP contribution in [0.1, 0.15) is 6.92 Å². The van der Waals surface area contributed by atoms with Gasteiger partial charge in [-0.05, 0) is 31.2 Å². The van der Waals surface area contributed by atoms with E-state index in [0.717, 1.165) is 10.2 Å². The Morgan fingerprint density at radius 2 is 2.07 bits per heavy atom. The maximum Gasteiger partial charge on any atom is 0.340 e. The summed E-state index contributed by atoms with van der Waals surface area (Å²) < 4.78 is 1.01. The van der Waals surface area contributed by atoms with Crippen LogP contribution in [0.3, 0.4) is 0 Å². The molecule has 4 nitrogen and oxygen atoms in total. The van der Waals surface area contributed by atoms with Gasteiger partial charge in [0, 0.05) is 16.7 Å². The molecule has 1 aromatic rings. The zero-order valence-corrected chi connectivity index (χ0v) is 9.99. The smallest absolute Gasteiger partial charge is 0.278 e. The van der Waals surface area contributed by atoms with Gasteiger partial charge in [-0.3, -0.25) is 9.91 Å². The third-order valence-electron chi connectivity index (χ3n) is 2.34. The highest BCUT2D eigenvalue weighted by Crippen LogP contribution is 2.20. The third kappa shape index (κ3) is 1.98. The third-order valence-corrected chi connectivity index (χ3v) is 2.86. The van der Waals surface area contributed by atoms with E-state index in [1.807, 2.05) is 31.2 Å². The molecule has 80 valence electrons. The topological polar surface area (TPSA) is 35.6 Å². The minimum absolute atomic E-state index is 0.000164. The van der Waals surface area contributed by atoms with E-state index in [0.29, 0.717) is 13.2 Å². The Kier molecular flexibility index (Phi) is 2.93. The summed E-state index contributed by atoms with van der Waals surface area (Å²) in [7, 11) is 0. The number of nitrogens with zero attached hydrogens (tertiary/aromatic N) is 2. The van der Waals surface area contributed by atoms with Crippen molar-refractivity contribution in [2.75, 3.05) is 18.1 Å². The highest BCUT2D eigenvalue weighted by molar-refractivity contribution is 9.10. The van der Waals surface area contributed by atoms with E-state index >= 15 is 0 Å². The van der Waals surface area contributed by atoms with Gasteiger partial charge in [0.15, 0.2) is 0 Å². The van der Waals surface area contributed by atoms with Crippen LogP contribution in [0.4, 0.5) is 10.5 Å². The first-order valence-corrected chi connectivity index (χ1v) is 5.60. The Bertz CT molecular complexity index is 365. The molecule has 1 fully saturated rings. The second kappa shape index (κ2) is 4.20. The minimum Gasteiger partial charge on any atom is -0.278 e. The lowest BCUT2D eigenvalue weighted by Crippen LogP contribution is -2.34. The van der Waals surface area contributed by atoms with E-state index < -0.39 is 0 Å². The molecule has 2 rings (SSSR count). The summed E-state index contributed by atoms with van der Waals surface area (Å²) in [5.41, 5.74) is 3.93. The van der Waals surface area contributed by atoms with Crippen molar-refractivity contribution in [3.8, 4) is 0 Å². The number of amides is 2. The first-order chi connectivity index (χ1) is 7.22. The average Bonchev–Trinajstić information content (AvgIpc) is 2.61. The molecule has 15 heavy (non-hydrogen) atoms. The van der Waals surface area contributed by atoms with E-state index in [-0.39, 0.29) is 6.03 Å². The molecule has 0 radical (unpaired) electrons. The van der Waals surface area contributed by atoms with Crippen LogP contribution in [0.15, 0.2) is 28.7 Å². The molecule has 0 saturated carbocycles. The summed E-state index contributed by atoms with van der Waals surface area (Å²) in [5.74, 6) is 0. The molecule has 5 heteroatoms. The number of hydrogen-bond acceptors (Lipinski definition) is 2. The highest BCUT2D eigenvalue weighted by Gasteiger charge is 2.27. The zero-order valence-electron chi connectivity index (χ0n) is 8.40. The Labute approximate surface area is 97.0 Å². The van der Waals surface area contributed by atoms with Crippen molar-refractivity contribution in [1.82, 2.24) is 10.4 Å². The van der Waals surface area contributed by atoms with Gasteiger partial charge < -0.3 is 0 Å². The molecular weight excluding hydrogens is 258 g/mol. The zero-order chi connectivity index (χ0) is 10.8. The van der Waals surface area contributed by atoms with Gasteiger partial charge in [-0.1, -0.05) is 15.9 Å². The predicted molar refractivity (Wildman–Crippen MR) is 62.4 cm³/mol. The molecular formula is C10H12BrN3O.